The summed E-state index contributed by atoms with van der Waals surface area (Å²) in [5, 5.41) is 3.85. The first-order valence-corrected chi connectivity index (χ1v) is 7.25. The van der Waals surface area contributed by atoms with E-state index in [0.29, 0.717) is 5.41 Å². The van der Waals surface area contributed by atoms with Crippen molar-refractivity contribution in [3.63, 3.8) is 0 Å². The Morgan fingerprint density at radius 2 is 2.12 bits per heavy atom. The van der Waals surface area contributed by atoms with Gasteiger partial charge in [0.15, 0.2) is 0 Å². The zero-order valence-electron chi connectivity index (χ0n) is 11.3. The standard InChI is InChI=1S/C15H26N2/c1-15(6-8-17(2)9-7-15)11-16-14-10-12-4-3-5-13(12)14/h3,5,12-14,16H,4,6-11H2,1-2H3. The van der Waals surface area contributed by atoms with Crippen LogP contribution in [0.3, 0.4) is 0 Å². The summed E-state index contributed by atoms with van der Waals surface area (Å²) in [6.45, 7) is 6.24. The zero-order chi connectivity index (χ0) is 11.9. The smallest absolute Gasteiger partial charge is 0.0136 e. The molecule has 0 spiro atoms. The molecule has 0 amide bonds. The molecule has 0 radical (unpaired) electrons. The van der Waals surface area contributed by atoms with Crippen LogP contribution in [-0.4, -0.2) is 37.6 Å². The fraction of sp³-hybridized carbons (Fsp3) is 0.867. The molecule has 3 atom stereocenters. The first-order valence-electron chi connectivity index (χ1n) is 7.25. The van der Waals surface area contributed by atoms with Crippen LogP contribution in [0.4, 0.5) is 0 Å². The number of rotatable bonds is 3. The predicted octanol–water partition coefficient (Wildman–Crippen LogP) is 2.27. The van der Waals surface area contributed by atoms with E-state index in [4.69, 9.17) is 0 Å². The molecule has 3 rings (SSSR count). The van der Waals surface area contributed by atoms with Crippen LogP contribution in [0, 0.1) is 17.3 Å². The maximum absolute atomic E-state index is 3.85. The van der Waals surface area contributed by atoms with E-state index in [1.54, 1.807) is 0 Å². The van der Waals surface area contributed by atoms with Crippen molar-refractivity contribution < 1.29 is 0 Å². The van der Waals surface area contributed by atoms with Crippen LogP contribution in [-0.2, 0) is 0 Å². The third-order valence-corrected chi connectivity index (χ3v) is 5.35. The van der Waals surface area contributed by atoms with Crippen LogP contribution < -0.4 is 5.32 Å². The van der Waals surface area contributed by atoms with E-state index in [0.717, 1.165) is 17.9 Å². The second-order valence-electron chi connectivity index (χ2n) is 6.84. The van der Waals surface area contributed by atoms with Gasteiger partial charge in [-0.2, -0.15) is 0 Å². The SMILES string of the molecule is CN1CCC(C)(CNC2CC3CC=CC32)CC1. The van der Waals surface area contributed by atoms with Gasteiger partial charge in [0.25, 0.3) is 0 Å². The Balaban J connectivity index is 1.46. The zero-order valence-corrected chi connectivity index (χ0v) is 11.3. The fourth-order valence-electron chi connectivity index (χ4n) is 3.66. The number of allylic oxidation sites excluding steroid dienone is 1. The first-order chi connectivity index (χ1) is 8.16. The highest BCUT2D eigenvalue weighted by atomic mass is 15.1. The van der Waals surface area contributed by atoms with Crippen molar-refractivity contribution in [2.24, 2.45) is 17.3 Å². The quantitative estimate of drug-likeness (QED) is 0.754. The van der Waals surface area contributed by atoms with Crippen LogP contribution >= 0.6 is 0 Å². The molecule has 0 aromatic carbocycles. The molecule has 1 heterocycles. The molecule has 1 saturated heterocycles. The van der Waals surface area contributed by atoms with Crippen molar-refractivity contribution in [3.8, 4) is 0 Å². The third kappa shape index (κ3) is 2.30. The summed E-state index contributed by atoms with van der Waals surface area (Å²) in [5.74, 6) is 1.85. The van der Waals surface area contributed by atoms with E-state index < -0.39 is 0 Å². The fourth-order valence-corrected chi connectivity index (χ4v) is 3.66. The maximum Gasteiger partial charge on any atom is 0.0136 e. The van der Waals surface area contributed by atoms with Gasteiger partial charge in [-0.15, -0.1) is 0 Å². The molecule has 3 aliphatic rings. The molecule has 2 fully saturated rings. The van der Waals surface area contributed by atoms with E-state index >= 15 is 0 Å². The molecule has 2 nitrogen and oxygen atoms in total. The van der Waals surface area contributed by atoms with Gasteiger partial charge in [0.05, 0.1) is 0 Å². The first kappa shape index (κ1) is 11.7. The van der Waals surface area contributed by atoms with Crippen LogP contribution in [0.25, 0.3) is 0 Å². The molecule has 1 saturated carbocycles. The lowest BCUT2D eigenvalue weighted by Crippen LogP contribution is -2.52. The molecular formula is C15H26N2. The number of likely N-dealkylation sites (tertiary alicyclic amines) is 1. The summed E-state index contributed by atoms with van der Waals surface area (Å²) in [6.07, 6.45) is 10.3. The van der Waals surface area contributed by atoms with Crippen molar-refractivity contribution >= 4 is 0 Å². The molecule has 2 heteroatoms. The number of nitrogens with zero attached hydrogens (tertiary/aromatic N) is 1. The summed E-state index contributed by atoms with van der Waals surface area (Å²) in [6, 6.07) is 0.787. The monoisotopic (exact) mass is 234 g/mol. The van der Waals surface area contributed by atoms with Gasteiger partial charge in [0.2, 0.25) is 0 Å². The van der Waals surface area contributed by atoms with Gasteiger partial charge in [-0.25, -0.2) is 0 Å². The molecule has 17 heavy (non-hydrogen) atoms. The third-order valence-electron chi connectivity index (χ3n) is 5.35. The minimum atomic E-state index is 0.542. The average molecular weight is 234 g/mol. The van der Waals surface area contributed by atoms with Crippen LogP contribution in [0.1, 0.15) is 32.6 Å². The van der Waals surface area contributed by atoms with E-state index in [-0.39, 0.29) is 0 Å². The van der Waals surface area contributed by atoms with Gasteiger partial charge < -0.3 is 10.2 Å². The van der Waals surface area contributed by atoms with E-state index in [1.807, 2.05) is 0 Å². The molecule has 3 unspecified atom stereocenters. The Morgan fingerprint density at radius 3 is 2.82 bits per heavy atom. The van der Waals surface area contributed by atoms with Crippen LogP contribution in [0.15, 0.2) is 12.2 Å². The van der Waals surface area contributed by atoms with E-state index in [2.05, 4.69) is 36.3 Å². The molecule has 0 bridgehead atoms. The summed E-state index contributed by atoms with van der Waals surface area (Å²) in [4.78, 5) is 2.46. The molecule has 1 aliphatic heterocycles. The topological polar surface area (TPSA) is 15.3 Å². The number of hydrogen-bond acceptors (Lipinski definition) is 2. The molecule has 0 aromatic rings. The van der Waals surface area contributed by atoms with Crippen LogP contribution in [0.5, 0.6) is 0 Å². The average Bonchev–Trinajstić information content (AvgIpc) is 2.66. The van der Waals surface area contributed by atoms with Gasteiger partial charge >= 0.3 is 0 Å². The maximum atomic E-state index is 3.85. The highest BCUT2D eigenvalue weighted by Crippen LogP contribution is 2.43. The Bertz CT molecular complexity index is 302. The summed E-state index contributed by atoms with van der Waals surface area (Å²) in [7, 11) is 2.24. The minimum Gasteiger partial charge on any atom is -0.313 e. The lowest BCUT2D eigenvalue weighted by molar-refractivity contribution is 0.104. The van der Waals surface area contributed by atoms with Crippen LogP contribution in [0.2, 0.25) is 0 Å². The Labute approximate surface area is 105 Å². The Kier molecular flexibility index (Phi) is 3.04. The van der Waals surface area contributed by atoms with Gasteiger partial charge in [0, 0.05) is 12.6 Å². The summed E-state index contributed by atoms with van der Waals surface area (Å²) in [5.41, 5.74) is 0.542. The van der Waals surface area contributed by atoms with Crippen molar-refractivity contribution in [2.45, 2.75) is 38.6 Å². The second-order valence-corrected chi connectivity index (χ2v) is 6.84. The molecule has 1 N–H and O–H groups in total. The normalized spacial score (nSPS) is 40.0. The molecule has 0 aromatic heterocycles. The van der Waals surface area contributed by atoms with Gasteiger partial charge in [-0.1, -0.05) is 19.1 Å². The van der Waals surface area contributed by atoms with Crippen molar-refractivity contribution in [3.05, 3.63) is 12.2 Å². The Hall–Kier alpha value is -0.340. The van der Waals surface area contributed by atoms with E-state index in [1.165, 1.54) is 45.3 Å². The Morgan fingerprint density at radius 1 is 1.35 bits per heavy atom. The molecule has 2 aliphatic carbocycles. The van der Waals surface area contributed by atoms with Gasteiger partial charge in [-0.05, 0) is 63.1 Å². The predicted molar refractivity (Wildman–Crippen MR) is 72.0 cm³/mol. The molecule has 96 valence electrons. The summed E-state index contributed by atoms with van der Waals surface area (Å²) < 4.78 is 0. The largest absolute Gasteiger partial charge is 0.313 e. The molecular weight excluding hydrogens is 208 g/mol. The van der Waals surface area contributed by atoms with Crippen molar-refractivity contribution in [2.75, 3.05) is 26.7 Å². The number of nitrogens with one attached hydrogen (secondary N) is 1. The van der Waals surface area contributed by atoms with Gasteiger partial charge in [0.1, 0.15) is 0 Å². The highest BCUT2D eigenvalue weighted by Gasteiger charge is 2.41. The number of piperidine rings is 1. The highest BCUT2D eigenvalue weighted by molar-refractivity contribution is 5.13. The number of fused-ring (bicyclic) bond motifs is 1. The second kappa shape index (κ2) is 4.40. The minimum absolute atomic E-state index is 0.542. The van der Waals surface area contributed by atoms with E-state index in [9.17, 15) is 0 Å². The van der Waals surface area contributed by atoms with Crippen molar-refractivity contribution in [1.82, 2.24) is 10.2 Å². The van der Waals surface area contributed by atoms with Crippen molar-refractivity contribution in [1.29, 1.82) is 0 Å². The number of hydrogen-bond donors (Lipinski definition) is 1. The summed E-state index contributed by atoms with van der Waals surface area (Å²) >= 11 is 0. The lowest BCUT2D eigenvalue weighted by atomic mass is 9.70. The lowest BCUT2D eigenvalue weighted by Gasteiger charge is -2.44. The van der Waals surface area contributed by atoms with Gasteiger partial charge in [-0.3, -0.25) is 0 Å².